The number of aromatic nitrogens is 2. The molecule has 0 spiro atoms. The topological polar surface area (TPSA) is 77.1 Å². The normalized spacial score (nSPS) is 10.8. The van der Waals surface area contributed by atoms with Crippen LogP contribution < -0.4 is 10.7 Å². The highest BCUT2D eigenvalue weighted by Crippen LogP contribution is 2.32. The van der Waals surface area contributed by atoms with E-state index in [1.165, 1.54) is 17.0 Å². The van der Waals surface area contributed by atoms with Gasteiger partial charge in [0.1, 0.15) is 11.5 Å². The van der Waals surface area contributed by atoms with E-state index in [9.17, 15) is 9.59 Å². The van der Waals surface area contributed by atoms with Gasteiger partial charge in [0.05, 0.1) is 17.5 Å². The molecule has 0 saturated heterocycles. The maximum absolute atomic E-state index is 13.1. The minimum Gasteiger partial charge on any atom is -0.459 e. The molecule has 0 aliphatic heterocycles. The molecule has 0 unspecified atom stereocenters. The smallest absolute Gasteiger partial charge is 0.292 e. The van der Waals surface area contributed by atoms with Gasteiger partial charge in [-0.1, -0.05) is 45.7 Å². The number of nitrogens with zero attached hydrogens (tertiary/aromatic N) is 2. The van der Waals surface area contributed by atoms with Gasteiger partial charge < -0.3 is 9.73 Å². The van der Waals surface area contributed by atoms with Crippen LogP contribution in [-0.4, -0.2) is 15.7 Å². The van der Waals surface area contributed by atoms with Crippen molar-refractivity contribution in [2.24, 2.45) is 0 Å². The molecule has 4 aromatic rings. The fourth-order valence-electron chi connectivity index (χ4n) is 3.02. The Morgan fingerprint density at radius 1 is 1.10 bits per heavy atom. The lowest BCUT2D eigenvalue weighted by Gasteiger charge is -2.18. The fraction of sp³-hybridized carbons (Fsp3) is 0.0455. The van der Waals surface area contributed by atoms with Crippen LogP contribution in [-0.2, 0) is 0 Å². The largest absolute Gasteiger partial charge is 0.459 e. The number of anilines is 1. The number of halogens is 2. The highest BCUT2D eigenvalue weighted by molar-refractivity contribution is 9.10. The monoisotopic (exact) mass is 483 g/mol. The van der Waals surface area contributed by atoms with Crippen LogP contribution >= 0.6 is 27.5 Å². The van der Waals surface area contributed by atoms with Crippen LogP contribution in [0.3, 0.4) is 0 Å². The van der Waals surface area contributed by atoms with Gasteiger partial charge in [-0.25, -0.2) is 4.68 Å². The molecule has 8 heteroatoms. The Hall–Kier alpha value is -3.16. The number of carbonyl (C=O) groups excluding carboxylic acids is 1. The summed E-state index contributed by atoms with van der Waals surface area (Å²) in [6, 6.07) is 17.4. The van der Waals surface area contributed by atoms with E-state index in [0.29, 0.717) is 16.3 Å². The van der Waals surface area contributed by atoms with Gasteiger partial charge in [0.15, 0.2) is 5.76 Å². The summed E-state index contributed by atoms with van der Waals surface area (Å²) in [5.41, 5.74) is 1.34. The van der Waals surface area contributed by atoms with Gasteiger partial charge in [0.2, 0.25) is 5.43 Å². The van der Waals surface area contributed by atoms with Crippen molar-refractivity contribution in [1.82, 2.24) is 9.78 Å². The molecule has 0 radical (unpaired) electrons. The van der Waals surface area contributed by atoms with Gasteiger partial charge in [-0.3, -0.25) is 9.59 Å². The lowest BCUT2D eigenvalue weighted by Crippen LogP contribution is -2.24. The van der Waals surface area contributed by atoms with Crippen molar-refractivity contribution in [2.45, 2.75) is 6.92 Å². The fourth-order valence-corrected chi connectivity index (χ4v) is 3.51. The molecular weight excluding hydrogens is 470 g/mol. The molecule has 1 amide bonds. The molecule has 0 fully saturated rings. The molecule has 2 aromatic carbocycles. The number of aryl methyl sites for hydroxylation is 1. The first kappa shape index (κ1) is 20.1. The van der Waals surface area contributed by atoms with E-state index in [1.807, 2.05) is 24.3 Å². The minimum absolute atomic E-state index is 0.107. The Labute approximate surface area is 185 Å². The standard InChI is InChI=1S/C22H15BrClN3O3/c1-13-20(28)19(16-5-2-3-6-17(16)24)21(25-22(29)18-7-4-12-30-18)27(26-13)15-10-8-14(23)9-11-15/h2-12H,1H3,(H,25,29). The van der Waals surface area contributed by atoms with E-state index in [4.69, 9.17) is 16.0 Å². The summed E-state index contributed by atoms with van der Waals surface area (Å²) in [5, 5.41) is 7.59. The summed E-state index contributed by atoms with van der Waals surface area (Å²) < 4.78 is 7.60. The molecule has 0 bridgehead atoms. The molecule has 0 saturated carbocycles. The zero-order valence-electron chi connectivity index (χ0n) is 15.7. The predicted molar refractivity (Wildman–Crippen MR) is 119 cm³/mol. The van der Waals surface area contributed by atoms with Crippen LogP contribution in [0.5, 0.6) is 0 Å². The van der Waals surface area contributed by atoms with Crippen molar-refractivity contribution in [1.29, 1.82) is 0 Å². The second kappa shape index (κ2) is 8.30. The van der Waals surface area contributed by atoms with Gasteiger partial charge in [-0.15, -0.1) is 0 Å². The Balaban J connectivity index is 2.00. The van der Waals surface area contributed by atoms with Crippen molar-refractivity contribution in [3.63, 3.8) is 0 Å². The van der Waals surface area contributed by atoms with Crippen molar-refractivity contribution in [2.75, 3.05) is 5.32 Å². The van der Waals surface area contributed by atoms with Gasteiger partial charge in [-0.2, -0.15) is 5.10 Å². The van der Waals surface area contributed by atoms with Crippen LogP contribution in [0.25, 0.3) is 16.8 Å². The van der Waals surface area contributed by atoms with Crippen LogP contribution in [0.15, 0.2) is 80.6 Å². The number of rotatable bonds is 4. The average molecular weight is 485 g/mol. The third-order valence-electron chi connectivity index (χ3n) is 4.45. The van der Waals surface area contributed by atoms with Crippen molar-refractivity contribution >= 4 is 39.3 Å². The maximum atomic E-state index is 13.1. The lowest BCUT2D eigenvalue weighted by molar-refractivity contribution is 0.0996. The molecule has 1 N–H and O–H groups in total. The molecule has 0 aliphatic carbocycles. The first-order valence-corrected chi connectivity index (χ1v) is 10.1. The predicted octanol–water partition coefficient (Wildman–Crippen LogP) is 5.47. The summed E-state index contributed by atoms with van der Waals surface area (Å²) in [5.74, 6) is -0.206. The quantitative estimate of drug-likeness (QED) is 0.417. The number of benzene rings is 2. The second-order valence-electron chi connectivity index (χ2n) is 6.44. The molecule has 30 heavy (non-hydrogen) atoms. The van der Waals surface area contributed by atoms with Gasteiger partial charge >= 0.3 is 0 Å². The van der Waals surface area contributed by atoms with Gasteiger partial charge in [-0.05, 0) is 49.4 Å². The summed E-state index contributed by atoms with van der Waals surface area (Å²) >= 11 is 9.81. The highest BCUT2D eigenvalue weighted by atomic mass is 79.9. The SMILES string of the molecule is Cc1nn(-c2ccc(Br)cc2)c(NC(=O)c2ccco2)c(-c2ccccc2Cl)c1=O. The maximum Gasteiger partial charge on any atom is 0.292 e. The van der Waals surface area contributed by atoms with E-state index in [1.54, 1.807) is 37.3 Å². The van der Waals surface area contributed by atoms with E-state index < -0.39 is 5.91 Å². The van der Waals surface area contributed by atoms with Crippen LogP contribution in [0.1, 0.15) is 16.2 Å². The number of furan rings is 1. The summed E-state index contributed by atoms with van der Waals surface area (Å²) in [6.45, 7) is 1.62. The van der Waals surface area contributed by atoms with E-state index in [-0.39, 0.29) is 28.3 Å². The van der Waals surface area contributed by atoms with E-state index >= 15 is 0 Å². The van der Waals surface area contributed by atoms with Crippen molar-refractivity contribution in [3.8, 4) is 16.8 Å². The Bertz CT molecular complexity index is 1280. The van der Waals surface area contributed by atoms with E-state index in [0.717, 1.165) is 4.47 Å². The van der Waals surface area contributed by atoms with E-state index in [2.05, 4.69) is 26.3 Å². The van der Waals surface area contributed by atoms with Crippen molar-refractivity contribution in [3.05, 3.63) is 98.1 Å². The molecule has 2 aromatic heterocycles. The van der Waals surface area contributed by atoms with Crippen molar-refractivity contribution < 1.29 is 9.21 Å². The first-order valence-electron chi connectivity index (χ1n) is 8.95. The zero-order chi connectivity index (χ0) is 21.3. The number of carbonyl (C=O) groups is 1. The van der Waals surface area contributed by atoms with Crippen LogP contribution in [0.2, 0.25) is 5.02 Å². The summed E-state index contributed by atoms with van der Waals surface area (Å²) in [7, 11) is 0. The third kappa shape index (κ3) is 3.81. The number of hydrogen-bond donors (Lipinski definition) is 1. The molecule has 4 rings (SSSR count). The molecular formula is C22H15BrClN3O3. The molecule has 6 nitrogen and oxygen atoms in total. The Morgan fingerprint density at radius 2 is 1.83 bits per heavy atom. The van der Waals surface area contributed by atoms with Crippen LogP contribution in [0, 0.1) is 6.92 Å². The second-order valence-corrected chi connectivity index (χ2v) is 7.76. The Kier molecular flexibility index (Phi) is 5.57. The zero-order valence-corrected chi connectivity index (χ0v) is 18.1. The number of amides is 1. The lowest BCUT2D eigenvalue weighted by atomic mass is 10.0. The molecule has 150 valence electrons. The minimum atomic E-state index is -0.510. The average Bonchev–Trinajstić information content (AvgIpc) is 3.27. The third-order valence-corrected chi connectivity index (χ3v) is 5.30. The first-order chi connectivity index (χ1) is 14.5. The number of nitrogens with one attached hydrogen (secondary N) is 1. The molecule has 0 atom stereocenters. The summed E-state index contributed by atoms with van der Waals surface area (Å²) in [6.07, 6.45) is 1.40. The Morgan fingerprint density at radius 3 is 2.50 bits per heavy atom. The van der Waals surface area contributed by atoms with Crippen LogP contribution in [0.4, 0.5) is 5.82 Å². The molecule has 0 aliphatic rings. The van der Waals surface area contributed by atoms with Gasteiger partial charge in [0, 0.05) is 15.1 Å². The van der Waals surface area contributed by atoms with Gasteiger partial charge in [0.25, 0.3) is 5.91 Å². The molecule has 2 heterocycles. The highest BCUT2D eigenvalue weighted by Gasteiger charge is 2.23. The number of hydrogen-bond acceptors (Lipinski definition) is 4. The summed E-state index contributed by atoms with van der Waals surface area (Å²) in [4.78, 5) is 25.9.